The molecule has 0 aromatic heterocycles. The average Bonchev–Trinajstić information content (AvgIpc) is 2.70. The van der Waals surface area contributed by atoms with Gasteiger partial charge in [-0.2, -0.15) is 0 Å². The summed E-state index contributed by atoms with van der Waals surface area (Å²) in [6.07, 6.45) is 4.65. The van der Waals surface area contributed by atoms with Crippen LogP contribution in [0, 0.1) is 11.6 Å². The Hall–Kier alpha value is -0.960. The second-order valence-electron chi connectivity index (χ2n) is 4.51. The molecular weight excluding hydrogens is 208 g/mol. The first-order chi connectivity index (χ1) is 7.68. The van der Waals surface area contributed by atoms with Crippen molar-refractivity contribution in [2.45, 2.75) is 44.7 Å². The van der Waals surface area contributed by atoms with Crippen LogP contribution in [0.5, 0.6) is 0 Å². The van der Waals surface area contributed by atoms with E-state index in [4.69, 9.17) is 0 Å². The van der Waals surface area contributed by atoms with Crippen LogP contribution in [0.4, 0.5) is 8.78 Å². The van der Waals surface area contributed by atoms with Gasteiger partial charge in [0.1, 0.15) is 11.6 Å². The maximum atomic E-state index is 13.5. The zero-order valence-corrected chi connectivity index (χ0v) is 9.47. The van der Waals surface area contributed by atoms with E-state index in [2.05, 4.69) is 5.32 Å². The molecule has 0 bridgehead atoms. The van der Waals surface area contributed by atoms with Crippen LogP contribution in [0.1, 0.15) is 44.2 Å². The Morgan fingerprint density at radius 2 is 1.75 bits per heavy atom. The van der Waals surface area contributed by atoms with Crippen LogP contribution in [0.25, 0.3) is 0 Å². The van der Waals surface area contributed by atoms with Crippen LogP contribution in [0.15, 0.2) is 18.2 Å². The second-order valence-corrected chi connectivity index (χ2v) is 4.51. The Kier molecular flexibility index (Phi) is 3.54. The van der Waals surface area contributed by atoms with Gasteiger partial charge in [0.2, 0.25) is 0 Å². The van der Waals surface area contributed by atoms with E-state index in [1.807, 2.05) is 6.92 Å². The highest BCUT2D eigenvalue weighted by atomic mass is 19.1. The van der Waals surface area contributed by atoms with Gasteiger partial charge in [-0.05, 0) is 31.9 Å². The van der Waals surface area contributed by atoms with E-state index >= 15 is 0 Å². The van der Waals surface area contributed by atoms with Crippen LogP contribution < -0.4 is 5.32 Å². The third kappa shape index (κ3) is 2.40. The van der Waals surface area contributed by atoms with E-state index in [0.29, 0.717) is 6.04 Å². The lowest BCUT2D eigenvalue weighted by Gasteiger charge is -2.20. The SMILES string of the molecule is CC(NC1CCCC1)c1c(F)cccc1F. The van der Waals surface area contributed by atoms with Gasteiger partial charge in [0.05, 0.1) is 0 Å². The molecule has 1 aromatic rings. The predicted molar refractivity (Wildman–Crippen MR) is 60.2 cm³/mol. The summed E-state index contributed by atoms with van der Waals surface area (Å²) in [5.41, 5.74) is 0.161. The molecule has 0 aliphatic heterocycles. The van der Waals surface area contributed by atoms with Crippen molar-refractivity contribution < 1.29 is 8.78 Å². The van der Waals surface area contributed by atoms with E-state index < -0.39 is 11.6 Å². The smallest absolute Gasteiger partial charge is 0.130 e. The van der Waals surface area contributed by atoms with Crippen LogP contribution >= 0.6 is 0 Å². The first kappa shape index (κ1) is 11.5. The van der Waals surface area contributed by atoms with Crippen LogP contribution in [-0.4, -0.2) is 6.04 Å². The molecule has 0 amide bonds. The largest absolute Gasteiger partial charge is 0.307 e. The topological polar surface area (TPSA) is 12.0 Å². The molecule has 0 saturated heterocycles. The fraction of sp³-hybridized carbons (Fsp3) is 0.538. The Balaban J connectivity index is 2.10. The standard InChI is InChI=1S/C13H17F2N/c1-9(16-10-5-2-3-6-10)13-11(14)7-4-8-12(13)15/h4,7-10,16H,2-3,5-6H2,1H3. The molecule has 1 aliphatic rings. The Morgan fingerprint density at radius 1 is 1.19 bits per heavy atom. The quantitative estimate of drug-likeness (QED) is 0.829. The number of nitrogens with one attached hydrogen (secondary N) is 1. The monoisotopic (exact) mass is 225 g/mol. The van der Waals surface area contributed by atoms with E-state index in [1.54, 1.807) is 0 Å². The summed E-state index contributed by atoms with van der Waals surface area (Å²) in [7, 11) is 0. The van der Waals surface area contributed by atoms with Crippen LogP contribution in [0.2, 0.25) is 0 Å². The summed E-state index contributed by atoms with van der Waals surface area (Å²) in [5.74, 6) is -0.920. The van der Waals surface area contributed by atoms with Gasteiger partial charge in [-0.25, -0.2) is 8.78 Å². The summed E-state index contributed by atoms with van der Waals surface area (Å²) < 4.78 is 27.0. The molecule has 2 rings (SSSR count). The predicted octanol–water partition coefficient (Wildman–Crippen LogP) is 3.56. The molecule has 1 aromatic carbocycles. The molecule has 1 aliphatic carbocycles. The highest BCUT2D eigenvalue weighted by Crippen LogP contribution is 2.24. The number of hydrogen-bond donors (Lipinski definition) is 1. The third-order valence-corrected chi connectivity index (χ3v) is 3.27. The first-order valence-electron chi connectivity index (χ1n) is 5.88. The van der Waals surface area contributed by atoms with Crippen molar-refractivity contribution >= 4 is 0 Å². The lowest BCUT2D eigenvalue weighted by Crippen LogP contribution is -2.30. The molecule has 16 heavy (non-hydrogen) atoms. The highest BCUT2D eigenvalue weighted by molar-refractivity contribution is 5.22. The summed E-state index contributed by atoms with van der Waals surface area (Å²) >= 11 is 0. The molecule has 0 heterocycles. The van der Waals surface area contributed by atoms with Crippen molar-refractivity contribution in [1.29, 1.82) is 0 Å². The number of hydrogen-bond acceptors (Lipinski definition) is 1. The molecule has 1 atom stereocenters. The summed E-state index contributed by atoms with van der Waals surface area (Å²) in [5, 5.41) is 3.30. The highest BCUT2D eigenvalue weighted by Gasteiger charge is 2.21. The van der Waals surface area contributed by atoms with Gasteiger partial charge >= 0.3 is 0 Å². The van der Waals surface area contributed by atoms with Gasteiger partial charge in [0, 0.05) is 17.6 Å². The third-order valence-electron chi connectivity index (χ3n) is 3.27. The fourth-order valence-electron chi connectivity index (χ4n) is 2.45. The fourth-order valence-corrected chi connectivity index (χ4v) is 2.45. The van der Waals surface area contributed by atoms with Crippen molar-refractivity contribution in [3.8, 4) is 0 Å². The van der Waals surface area contributed by atoms with Gasteiger partial charge in [0.25, 0.3) is 0 Å². The first-order valence-corrected chi connectivity index (χ1v) is 5.88. The van der Waals surface area contributed by atoms with E-state index in [-0.39, 0.29) is 11.6 Å². The lowest BCUT2D eigenvalue weighted by molar-refractivity contribution is 0.430. The van der Waals surface area contributed by atoms with Gasteiger partial charge < -0.3 is 5.32 Å². The molecule has 0 radical (unpaired) electrons. The molecule has 3 heteroatoms. The lowest BCUT2D eigenvalue weighted by atomic mass is 10.1. The van der Waals surface area contributed by atoms with E-state index in [1.165, 1.54) is 31.0 Å². The molecule has 1 fully saturated rings. The van der Waals surface area contributed by atoms with Crippen molar-refractivity contribution in [1.82, 2.24) is 5.32 Å². The van der Waals surface area contributed by atoms with Crippen molar-refractivity contribution in [3.05, 3.63) is 35.4 Å². The number of rotatable bonds is 3. The van der Waals surface area contributed by atoms with Gasteiger partial charge in [-0.1, -0.05) is 18.9 Å². The minimum atomic E-state index is -0.460. The maximum Gasteiger partial charge on any atom is 0.130 e. The Bertz CT molecular complexity index is 339. The number of halogens is 2. The van der Waals surface area contributed by atoms with Gasteiger partial charge in [-0.15, -0.1) is 0 Å². The van der Waals surface area contributed by atoms with Gasteiger partial charge in [-0.3, -0.25) is 0 Å². The molecule has 1 N–H and O–H groups in total. The Labute approximate surface area is 94.9 Å². The van der Waals surface area contributed by atoms with Gasteiger partial charge in [0.15, 0.2) is 0 Å². The molecule has 88 valence electrons. The van der Waals surface area contributed by atoms with Crippen LogP contribution in [0.3, 0.4) is 0 Å². The average molecular weight is 225 g/mol. The zero-order valence-electron chi connectivity index (χ0n) is 9.47. The van der Waals surface area contributed by atoms with E-state index in [0.717, 1.165) is 12.8 Å². The second kappa shape index (κ2) is 4.91. The molecular formula is C13H17F2N. The minimum Gasteiger partial charge on any atom is -0.307 e. The summed E-state index contributed by atoms with van der Waals surface area (Å²) in [6.45, 7) is 1.82. The van der Waals surface area contributed by atoms with Crippen LogP contribution in [-0.2, 0) is 0 Å². The van der Waals surface area contributed by atoms with E-state index in [9.17, 15) is 8.78 Å². The summed E-state index contributed by atoms with van der Waals surface area (Å²) in [4.78, 5) is 0. The molecule has 1 nitrogen and oxygen atoms in total. The molecule has 1 saturated carbocycles. The molecule has 1 unspecified atom stereocenters. The normalized spacial score (nSPS) is 18.9. The maximum absolute atomic E-state index is 13.5. The minimum absolute atomic E-state index is 0.161. The van der Waals surface area contributed by atoms with Crippen molar-refractivity contribution in [3.63, 3.8) is 0 Å². The van der Waals surface area contributed by atoms with Crippen molar-refractivity contribution in [2.75, 3.05) is 0 Å². The molecule has 0 spiro atoms. The van der Waals surface area contributed by atoms with Crippen molar-refractivity contribution in [2.24, 2.45) is 0 Å². The zero-order chi connectivity index (χ0) is 11.5. The summed E-state index contributed by atoms with van der Waals surface area (Å²) in [6, 6.07) is 4.17. The number of benzene rings is 1. The Morgan fingerprint density at radius 3 is 2.31 bits per heavy atom.